The molecule has 0 spiro atoms. The second-order valence-electron chi connectivity index (χ2n) is 4.59. The normalized spacial score (nSPS) is 24.6. The molecule has 3 unspecified atom stereocenters. The van der Waals surface area contributed by atoms with E-state index < -0.39 is 0 Å². The van der Waals surface area contributed by atoms with Gasteiger partial charge >= 0.3 is 0 Å². The van der Waals surface area contributed by atoms with E-state index in [0.29, 0.717) is 11.8 Å². The Morgan fingerprint density at radius 2 is 2.00 bits per heavy atom. The molecule has 1 aromatic carbocycles. The van der Waals surface area contributed by atoms with Gasteiger partial charge in [0.2, 0.25) is 0 Å². The Bertz CT molecular complexity index is 508. The van der Waals surface area contributed by atoms with E-state index in [9.17, 15) is 0 Å². The molecule has 0 radical (unpaired) electrons. The molecule has 17 heavy (non-hydrogen) atoms. The fraction of sp³-hybridized carbons (Fsp3) is 0.286. The van der Waals surface area contributed by atoms with E-state index in [2.05, 4.69) is 40.2 Å². The summed E-state index contributed by atoms with van der Waals surface area (Å²) >= 11 is 3.39. The van der Waals surface area contributed by atoms with Crippen LogP contribution in [0.3, 0.4) is 0 Å². The van der Waals surface area contributed by atoms with Crippen molar-refractivity contribution in [1.82, 2.24) is 0 Å². The van der Waals surface area contributed by atoms with E-state index in [4.69, 9.17) is 10.2 Å². The Kier molecular flexibility index (Phi) is 2.81. The molecule has 88 valence electrons. The molecule has 1 aliphatic carbocycles. The van der Waals surface area contributed by atoms with Gasteiger partial charge in [-0.15, -0.1) is 0 Å². The van der Waals surface area contributed by atoms with Crippen molar-refractivity contribution in [1.29, 1.82) is 0 Å². The Labute approximate surface area is 109 Å². The summed E-state index contributed by atoms with van der Waals surface area (Å²) in [6.45, 7) is 0. The van der Waals surface area contributed by atoms with Gasteiger partial charge in [0, 0.05) is 11.6 Å². The van der Waals surface area contributed by atoms with Crippen molar-refractivity contribution in [2.45, 2.75) is 18.4 Å². The lowest BCUT2D eigenvalue weighted by Gasteiger charge is -2.09. The lowest BCUT2D eigenvalue weighted by atomic mass is 10.0. The summed E-state index contributed by atoms with van der Waals surface area (Å²) in [6, 6.07) is 12.6. The van der Waals surface area contributed by atoms with Crippen LogP contribution in [0.2, 0.25) is 0 Å². The maximum absolute atomic E-state index is 6.28. The van der Waals surface area contributed by atoms with Crippen LogP contribution in [0.15, 0.2) is 51.7 Å². The molecule has 0 aliphatic heterocycles. The number of furan rings is 1. The number of halogens is 1. The van der Waals surface area contributed by atoms with E-state index in [0.717, 1.165) is 10.2 Å². The average Bonchev–Trinajstić information content (AvgIpc) is 3.05. The minimum absolute atomic E-state index is 0.0633. The number of hydrogen-bond donors (Lipinski definition) is 1. The molecule has 3 heteroatoms. The van der Waals surface area contributed by atoms with E-state index in [1.807, 2.05) is 12.1 Å². The summed E-state index contributed by atoms with van der Waals surface area (Å²) in [5.74, 6) is 1.14. The monoisotopic (exact) mass is 291 g/mol. The number of hydrogen-bond acceptors (Lipinski definition) is 2. The minimum atomic E-state index is 0.0633. The maximum Gasteiger partial charge on any atom is 0.173 e. The first kappa shape index (κ1) is 11.1. The van der Waals surface area contributed by atoms with Crippen molar-refractivity contribution in [2.75, 3.05) is 0 Å². The van der Waals surface area contributed by atoms with Crippen LogP contribution in [0.5, 0.6) is 0 Å². The van der Waals surface area contributed by atoms with Crippen molar-refractivity contribution in [3.8, 4) is 0 Å². The molecule has 2 aromatic rings. The van der Waals surface area contributed by atoms with E-state index in [1.54, 1.807) is 6.26 Å². The molecule has 0 amide bonds. The van der Waals surface area contributed by atoms with Crippen molar-refractivity contribution in [2.24, 2.45) is 11.7 Å². The fourth-order valence-corrected chi connectivity index (χ4v) is 2.97. The van der Waals surface area contributed by atoms with Crippen LogP contribution >= 0.6 is 15.9 Å². The molecule has 0 saturated heterocycles. The van der Waals surface area contributed by atoms with E-state index >= 15 is 0 Å². The van der Waals surface area contributed by atoms with E-state index in [-0.39, 0.29) is 6.04 Å². The van der Waals surface area contributed by atoms with Gasteiger partial charge in [-0.05, 0) is 45.8 Å². The summed E-state index contributed by atoms with van der Waals surface area (Å²) in [5, 5.41) is 0. The van der Waals surface area contributed by atoms with Gasteiger partial charge in [0.05, 0.1) is 6.26 Å². The van der Waals surface area contributed by atoms with Crippen LogP contribution in [-0.2, 0) is 0 Å². The highest BCUT2D eigenvalue weighted by atomic mass is 79.9. The third-order valence-corrected chi connectivity index (χ3v) is 4.18. The molecule has 2 nitrogen and oxygen atoms in total. The highest BCUT2D eigenvalue weighted by Crippen LogP contribution is 2.53. The molecule has 3 atom stereocenters. The summed E-state index contributed by atoms with van der Waals surface area (Å²) in [5.41, 5.74) is 8.76. The van der Waals surface area contributed by atoms with Crippen LogP contribution in [0.25, 0.3) is 0 Å². The van der Waals surface area contributed by atoms with Gasteiger partial charge in [0.1, 0.15) is 0 Å². The largest absolute Gasteiger partial charge is 0.457 e. The Morgan fingerprint density at radius 3 is 2.65 bits per heavy atom. The first-order chi connectivity index (χ1) is 8.27. The van der Waals surface area contributed by atoms with Crippen molar-refractivity contribution < 1.29 is 4.42 Å². The summed E-state index contributed by atoms with van der Waals surface area (Å²) in [4.78, 5) is 0. The zero-order chi connectivity index (χ0) is 11.8. The van der Waals surface area contributed by atoms with Gasteiger partial charge in [0.25, 0.3) is 0 Å². The molecule has 1 saturated carbocycles. The molecule has 1 aliphatic rings. The van der Waals surface area contributed by atoms with Crippen LogP contribution in [0, 0.1) is 5.92 Å². The molecular formula is C14H14BrNO. The van der Waals surface area contributed by atoms with Crippen molar-refractivity contribution >= 4 is 15.9 Å². The van der Waals surface area contributed by atoms with Gasteiger partial charge in [-0.25, -0.2) is 0 Å². The van der Waals surface area contributed by atoms with Gasteiger partial charge in [0.15, 0.2) is 4.67 Å². The van der Waals surface area contributed by atoms with Gasteiger partial charge in [-0.3, -0.25) is 0 Å². The summed E-state index contributed by atoms with van der Waals surface area (Å²) in [7, 11) is 0. The highest BCUT2D eigenvalue weighted by Gasteiger charge is 2.43. The molecule has 2 N–H and O–H groups in total. The quantitative estimate of drug-likeness (QED) is 0.933. The van der Waals surface area contributed by atoms with Crippen LogP contribution in [0.1, 0.15) is 29.5 Å². The summed E-state index contributed by atoms with van der Waals surface area (Å²) < 4.78 is 6.01. The highest BCUT2D eigenvalue weighted by molar-refractivity contribution is 9.10. The first-order valence-corrected chi connectivity index (χ1v) is 6.60. The molecule has 3 rings (SSSR count). The average molecular weight is 292 g/mol. The lowest BCUT2D eigenvalue weighted by Crippen LogP contribution is -2.13. The molecule has 0 bridgehead atoms. The summed E-state index contributed by atoms with van der Waals surface area (Å²) in [6.07, 6.45) is 2.85. The zero-order valence-corrected chi connectivity index (χ0v) is 10.9. The smallest absolute Gasteiger partial charge is 0.173 e. The fourth-order valence-electron chi connectivity index (χ4n) is 2.47. The first-order valence-electron chi connectivity index (χ1n) is 5.81. The Balaban J connectivity index is 1.75. The predicted octanol–water partition coefficient (Wildman–Crippen LogP) is 3.85. The zero-order valence-electron chi connectivity index (χ0n) is 9.34. The predicted molar refractivity (Wildman–Crippen MR) is 70.6 cm³/mol. The second-order valence-corrected chi connectivity index (χ2v) is 5.31. The maximum atomic E-state index is 6.28. The van der Waals surface area contributed by atoms with Crippen LogP contribution in [-0.4, -0.2) is 0 Å². The lowest BCUT2D eigenvalue weighted by molar-refractivity contribution is 0.522. The third kappa shape index (κ3) is 2.05. The number of benzene rings is 1. The molecule has 1 fully saturated rings. The van der Waals surface area contributed by atoms with E-state index in [1.165, 1.54) is 12.0 Å². The standard InChI is InChI=1S/C14H14BrNO/c15-14-10(6-7-17-14)13(16)12-8-11(12)9-4-2-1-3-5-9/h1-7,11-13H,8,16H2. The minimum Gasteiger partial charge on any atom is -0.457 e. The Morgan fingerprint density at radius 1 is 1.24 bits per heavy atom. The molecule has 1 aromatic heterocycles. The van der Waals surface area contributed by atoms with Crippen LogP contribution < -0.4 is 5.73 Å². The second kappa shape index (κ2) is 4.31. The van der Waals surface area contributed by atoms with Gasteiger partial charge < -0.3 is 10.2 Å². The molecular weight excluding hydrogens is 278 g/mol. The Hall–Kier alpha value is -1.06. The van der Waals surface area contributed by atoms with Gasteiger partial charge in [-0.2, -0.15) is 0 Å². The third-order valence-electron chi connectivity index (χ3n) is 3.53. The topological polar surface area (TPSA) is 39.2 Å². The van der Waals surface area contributed by atoms with Crippen molar-refractivity contribution in [3.63, 3.8) is 0 Å². The van der Waals surface area contributed by atoms with Crippen molar-refractivity contribution in [3.05, 3.63) is 58.5 Å². The molecule has 1 heterocycles. The van der Waals surface area contributed by atoms with Crippen LogP contribution in [0.4, 0.5) is 0 Å². The van der Waals surface area contributed by atoms with Gasteiger partial charge in [-0.1, -0.05) is 30.3 Å². The number of rotatable bonds is 3. The SMILES string of the molecule is NC(c1ccoc1Br)C1CC1c1ccccc1. The number of nitrogens with two attached hydrogens (primary N) is 1.